The van der Waals surface area contributed by atoms with Crippen LogP contribution in [0, 0.1) is 0 Å². The molecule has 11 heteroatoms. The van der Waals surface area contributed by atoms with Crippen molar-refractivity contribution in [3.05, 3.63) is 99.0 Å². The normalized spacial score (nSPS) is 12.2. The number of carbonyl (C=O) groups excluding carboxylic acids is 2. The molecule has 39 heavy (non-hydrogen) atoms. The van der Waals surface area contributed by atoms with Crippen LogP contribution in [0.5, 0.6) is 0 Å². The van der Waals surface area contributed by atoms with Gasteiger partial charge in [0.15, 0.2) is 0 Å². The van der Waals surface area contributed by atoms with Gasteiger partial charge in [-0.25, -0.2) is 8.42 Å². The predicted octanol–water partition coefficient (Wildman–Crippen LogP) is 5.58. The number of anilines is 1. The molecule has 2 amide bonds. The van der Waals surface area contributed by atoms with Crippen molar-refractivity contribution in [3.63, 3.8) is 0 Å². The maximum absolute atomic E-state index is 14.0. The Morgan fingerprint density at radius 2 is 1.51 bits per heavy atom. The summed E-state index contributed by atoms with van der Waals surface area (Å²) in [6.07, 6.45) is 1.20. The summed E-state index contributed by atoms with van der Waals surface area (Å²) in [5.41, 5.74) is 1.62. The number of nitrogens with one attached hydrogen (secondary N) is 1. The molecule has 0 saturated heterocycles. The molecule has 0 bridgehead atoms. The van der Waals surface area contributed by atoms with Crippen molar-refractivity contribution >= 4 is 62.3 Å². The number of hydrogen-bond donors (Lipinski definition) is 1. The fourth-order valence-corrected chi connectivity index (χ4v) is 5.68. The van der Waals surface area contributed by atoms with Crippen molar-refractivity contribution in [2.45, 2.75) is 38.9 Å². The van der Waals surface area contributed by atoms with E-state index in [2.05, 4.69) is 5.32 Å². The van der Waals surface area contributed by atoms with Gasteiger partial charge in [0.2, 0.25) is 21.8 Å². The molecule has 0 fully saturated rings. The molecular weight excluding hydrogens is 581 g/mol. The molecule has 208 valence electrons. The van der Waals surface area contributed by atoms with E-state index in [0.29, 0.717) is 15.6 Å². The number of amides is 2. The number of benzene rings is 3. The minimum Gasteiger partial charge on any atom is -0.352 e. The first kappa shape index (κ1) is 30.8. The molecule has 3 aromatic carbocycles. The molecule has 0 heterocycles. The average molecular weight is 611 g/mol. The fraction of sp³-hybridized carbons (Fsp3) is 0.286. The highest BCUT2D eigenvalue weighted by atomic mass is 35.5. The highest BCUT2D eigenvalue weighted by molar-refractivity contribution is 7.92. The van der Waals surface area contributed by atoms with Crippen molar-refractivity contribution in [3.8, 4) is 0 Å². The summed E-state index contributed by atoms with van der Waals surface area (Å²) < 4.78 is 26.6. The number of nitrogens with zero attached hydrogens (tertiary/aromatic N) is 2. The molecule has 7 nitrogen and oxygen atoms in total. The van der Waals surface area contributed by atoms with E-state index >= 15 is 0 Å². The van der Waals surface area contributed by atoms with Crippen molar-refractivity contribution in [1.82, 2.24) is 10.2 Å². The monoisotopic (exact) mass is 609 g/mol. The van der Waals surface area contributed by atoms with Gasteiger partial charge in [0.05, 0.1) is 17.0 Å². The second kappa shape index (κ2) is 13.5. The van der Waals surface area contributed by atoms with Gasteiger partial charge in [-0.3, -0.25) is 13.9 Å². The highest BCUT2D eigenvalue weighted by Crippen LogP contribution is 2.30. The van der Waals surface area contributed by atoms with E-state index in [0.717, 1.165) is 16.1 Å². The summed E-state index contributed by atoms with van der Waals surface area (Å²) >= 11 is 18.5. The smallest absolute Gasteiger partial charge is 0.244 e. The van der Waals surface area contributed by atoms with Crippen LogP contribution in [0.25, 0.3) is 0 Å². The van der Waals surface area contributed by atoms with Crippen LogP contribution in [0.15, 0.2) is 72.8 Å². The molecule has 1 N–H and O–H groups in total. The Kier molecular flexibility index (Phi) is 10.7. The van der Waals surface area contributed by atoms with Crippen LogP contribution in [0.4, 0.5) is 5.69 Å². The van der Waals surface area contributed by atoms with Gasteiger partial charge in [0, 0.05) is 29.1 Å². The Morgan fingerprint density at radius 3 is 2.10 bits per heavy atom. The van der Waals surface area contributed by atoms with E-state index in [1.807, 2.05) is 44.2 Å². The first-order valence-electron chi connectivity index (χ1n) is 12.2. The summed E-state index contributed by atoms with van der Waals surface area (Å²) in [5, 5.41) is 3.76. The molecule has 0 aromatic heterocycles. The molecule has 3 aromatic rings. The number of halogens is 3. The summed E-state index contributed by atoms with van der Waals surface area (Å²) in [6.45, 7) is 3.10. The number of hydrogen-bond acceptors (Lipinski definition) is 4. The standard InChI is InChI=1S/C28H30Cl3N3O4S/c1-19(2)32-28(36)26(15-20-8-5-4-6-9-20)33(17-21-10-7-11-22(29)14-21)27(35)18-34(39(3,37)38)25-13-12-23(30)16-24(25)31/h4-14,16,19,26H,15,17-18H2,1-3H3,(H,32,36)/t26-/m0/s1. The maximum atomic E-state index is 14.0. The van der Waals surface area contributed by atoms with E-state index in [1.165, 1.54) is 23.1 Å². The van der Waals surface area contributed by atoms with Crippen LogP contribution in [0.3, 0.4) is 0 Å². The number of rotatable bonds is 11. The van der Waals surface area contributed by atoms with Gasteiger partial charge in [0.1, 0.15) is 12.6 Å². The van der Waals surface area contributed by atoms with Crippen LogP contribution in [-0.4, -0.2) is 50.0 Å². The van der Waals surface area contributed by atoms with E-state index < -0.39 is 28.5 Å². The zero-order valence-corrected chi connectivity index (χ0v) is 24.9. The Bertz CT molecular complexity index is 1420. The lowest BCUT2D eigenvalue weighted by molar-refractivity contribution is -0.140. The third-order valence-electron chi connectivity index (χ3n) is 5.80. The molecule has 0 aliphatic heterocycles. The lowest BCUT2D eigenvalue weighted by Crippen LogP contribution is -2.54. The molecule has 0 aliphatic rings. The Morgan fingerprint density at radius 1 is 0.872 bits per heavy atom. The molecule has 0 aliphatic carbocycles. The topological polar surface area (TPSA) is 86.8 Å². The van der Waals surface area contributed by atoms with Crippen LogP contribution in [0.1, 0.15) is 25.0 Å². The van der Waals surface area contributed by atoms with E-state index in [-0.39, 0.29) is 35.6 Å². The largest absolute Gasteiger partial charge is 0.352 e. The summed E-state index contributed by atoms with van der Waals surface area (Å²) in [4.78, 5) is 28.9. The lowest BCUT2D eigenvalue weighted by Gasteiger charge is -2.34. The first-order valence-corrected chi connectivity index (χ1v) is 15.1. The van der Waals surface area contributed by atoms with Gasteiger partial charge < -0.3 is 10.2 Å². The van der Waals surface area contributed by atoms with Crippen molar-refractivity contribution in [2.75, 3.05) is 17.1 Å². The van der Waals surface area contributed by atoms with Gasteiger partial charge >= 0.3 is 0 Å². The Labute approximate surface area is 244 Å². The van der Waals surface area contributed by atoms with Gasteiger partial charge in [0.25, 0.3) is 0 Å². The van der Waals surface area contributed by atoms with Gasteiger partial charge in [-0.1, -0.05) is 77.3 Å². The van der Waals surface area contributed by atoms with Gasteiger partial charge in [-0.05, 0) is 55.3 Å². The minimum atomic E-state index is -3.95. The molecule has 0 unspecified atom stereocenters. The van der Waals surface area contributed by atoms with Gasteiger partial charge in [-0.15, -0.1) is 0 Å². The molecule has 0 saturated carbocycles. The quantitative estimate of drug-likeness (QED) is 0.307. The van der Waals surface area contributed by atoms with Crippen molar-refractivity contribution in [1.29, 1.82) is 0 Å². The average Bonchev–Trinajstić information content (AvgIpc) is 2.84. The predicted molar refractivity (Wildman–Crippen MR) is 158 cm³/mol. The zero-order valence-electron chi connectivity index (χ0n) is 21.8. The third-order valence-corrected chi connectivity index (χ3v) is 7.70. The summed E-state index contributed by atoms with van der Waals surface area (Å²) in [7, 11) is -3.95. The fourth-order valence-electron chi connectivity index (χ4n) is 4.04. The van der Waals surface area contributed by atoms with E-state index in [9.17, 15) is 18.0 Å². The summed E-state index contributed by atoms with van der Waals surface area (Å²) in [6, 6.07) is 19.5. The highest BCUT2D eigenvalue weighted by Gasteiger charge is 2.33. The second-order valence-electron chi connectivity index (χ2n) is 9.39. The molecule has 3 rings (SSSR count). The van der Waals surface area contributed by atoms with Crippen molar-refractivity contribution < 1.29 is 18.0 Å². The molecule has 0 spiro atoms. The van der Waals surface area contributed by atoms with E-state index in [1.54, 1.807) is 24.3 Å². The van der Waals surface area contributed by atoms with E-state index in [4.69, 9.17) is 34.8 Å². The van der Waals surface area contributed by atoms with Gasteiger partial charge in [-0.2, -0.15) is 0 Å². The lowest BCUT2D eigenvalue weighted by atomic mass is 10.0. The van der Waals surface area contributed by atoms with Crippen LogP contribution >= 0.6 is 34.8 Å². The van der Waals surface area contributed by atoms with Crippen LogP contribution in [0.2, 0.25) is 15.1 Å². The SMILES string of the molecule is CC(C)NC(=O)[C@H](Cc1ccccc1)N(Cc1cccc(Cl)c1)C(=O)CN(c1ccc(Cl)cc1Cl)S(C)(=O)=O. The third kappa shape index (κ3) is 8.86. The molecular formula is C28H30Cl3N3O4S. The number of sulfonamides is 1. The van der Waals surface area contributed by atoms with Crippen LogP contribution in [-0.2, 0) is 32.6 Å². The van der Waals surface area contributed by atoms with Crippen LogP contribution < -0.4 is 9.62 Å². The Hall–Kier alpha value is -2.78. The summed E-state index contributed by atoms with van der Waals surface area (Å²) in [5.74, 6) is -0.953. The van der Waals surface area contributed by atoms with Crippen molar-refractivity contribution in [2.24, 2.45) is 0 Å². The Balaban J connectivity index is 2.07. The zero-order chi connectivity index (χ0) is 28.7. The second-order valence-corrected chi connectivity index (χ2v) is 12.6. The first-order chi connectivity index (χ1) is 18.3. The number of carbonyl (C=O) groups is 2. The molecule has 0 radical (unpaired) electrons. The molecule has 1 atom stereocenters. The minimum absolute atomic E-state index is 0.0222. The maximum Gasteiger partial charge on any atom is 0.244 e.